The second-order valence-corrected chi connectivity index (χ2v) is 6.99. The summed E-state index contributed by atoms with van der Waals surface area (Å²) in [5.41, 5.74) is 0.981. The van der Waals surface area contributed by atoms with Gasteiger partial charge in [0, 0.05) is 5.02 Å². The van der Waals surface area contributed by atoms with Crippen LogP contribution in [0.5, 0.6) is 0 Å². The number of fused-ring (bicyclic) bond motifs is 1. The minimum atomic E-state index is -0.781. The van der Waals surface area contributed by atoms with E-state index in [1.165, 1.54) is 6.08 Å². The quantitative estimate of drug-likeness (QED) is 0.148. The van der Waals surface area contributed by atoms with E-state index in [0.29, 0.717) is 21.7 Å². The molecule has 0 radical (unpaired) electrons. The monoisotopic (exact) mass is 441 g/mol. The van der Waals surface area contributed by atoms with Crippen LogP contribution in [0.4, 0.5) is 0 Å². The van der Waals surface area contributed by atoms with Crippen molar-refractivity contribution in [1.29, 1.82) is 0 Å². The average Bonchev–Trinajstić information content (AvgIpc) is 3.01. The van der Waals surface area contributed by atoms with Crippen LogP contribution >= 0.6 is 11.6 Å². The Labute approximate surface area is 184 Å². The van der Waals surface area contributed by atoms with Gasteiger partial charge in [0.15, 0.2) is 5.78 Å². The molecular weight excluding hydrogens is 422 g/mol. The molecule has 0 saturated carbocycles. The molecule has 2 aromatic carbocycles. The van der Waals surface area contributed by atoms with Crippen molar-refractivity contribution in [2.75, 3.05) is 26.4 Å². The lowest BCUT2D eigenvalue weighted by atomic mass is 10.1. The van der Waals surface area contributed by atoms with Gasteiger partial charge in [-0.25, -0.2) is 4.79 Å². The third-order valence-corrected chi connectivity index (χ3v) is 4.92. The minimum absolute atomic E-state index is 0.0113. The SMILES string of the molecule is CCOC(=O)/C(=C\c1ccccc1Cl)C(=O)COCCN1C(=O)c2ccccc2C1=O. The molecule has 8 heteroatoms. The fourth-order valence-corrected chi connectivity index (χ4v) is 3.24. The molecule has 3 rings (SSSR count). The van der Waals surface area contributed by atoms with Crippen molar-refractivity contribution in [3.05, 3.63) is 75.8 Å². The molecule has 0 atom stereocenters. The van der Waals surface area contributed by atoms with Crippen LogP contribution < -0.4 is 0 Å². The second kappa shape index (κ2) is 10.1. The number of nitrogens with zero attached hydrogens (tertiary/aromatic N) is 1. The first-order valence-corrected chi connectivity index (χ1v) is 10.0. The summed E-state index contributed by atoms with van der Waals surface area (Å²) in [6.45, 7) is 1.25. The summed E-state index contributed by atoms with van der Waals surface area (Å²) in [6.07, 6.45) is 1.36. The van der Waals surface area contributed by atoms with Crippen LogP contribution in [0.2, 0.25) is 5.02 Å². The molecule has 1 aliphatic heterocycles. The number of esters is 1. The molecule has 1 aliphatic rings. The highest BCUT2D eigenvalue weighted by Gasteiger charge is 2.34. The molecule has 0 fully saturated rings. The summed E-state index contributed by atoms with van der Waals surface area (Å²) < 4.78 is 10.3. The van der Waals surface area contributed by atoms with Gasteiger partial charge in [-0.05, 0) is 36.8 Å². The Morgan fingerprint density at radius 3 is 2.23 bits per heavy atom. The van der Waals surface area contributed by atoms with Gasteiger partial charge in [0.05, 0.1) is 30.9 Å². The Hall–Kier alpha value is -3.29. The molecule has 0 N–H and O–H groups in total. The van der Waals surface area contributed by atoms with Gasteiger partial charge in [0.25, 0.3) is 11.8 Å². The summed E-state index contributed by atoms with van der Waals surface area (Å²) in [5.74, 6) is -2.18. The highest BCUT2D eigenvalue weighted by molar-refractivity contribution is 6.32. The molecule has 0 unspecified atom stereocenters. The number of ketones is 1. The van der Waals surface area contributed by atoms with Gasteiger partial charge in [-0.2, -0.15) is 0 Å². The number of halogens is 1. The van der Waals surface area contributed by atoms with E-state index in [1.54, 1.807) is 55.5 Å². The van der Waals surface area contributed by atoms with E-state index in [4.69, 9.17) is 21.1 Å². The Morgan fingerprint density at radius 2 is 1.61 bits per heavy atom. The minimum Gasteiger partial charge on any atom is -0.462 e. The van der Waals surface area contributed by atoms with E-state index in [-0.39, 0.29) is 25.3 Å². The van der Waals surface area contributed by atoms with Crippen LogP contribution in [0.1, 0.15) is 33.2 Å². The van der Waals surface area contributed by atoms with Gasteiger partial charge in [-0.3, -0.25) is 19.3 Å². The highest BCUT2D eigenvalue weighted by atomic mass is 35.5. The Kier molecular flexibility index (Phi) is 7.33. The summed E-state index contributed by atoms with van der Waals surface area (Å²) >= 11 is 6.11. The van der Waals surface area contributed by atoms with Gasteiger partial charge < -0.3 is 9.47 Å². The maximum absolute atomic E-state index is 12.6. The largest absolute Gasteiger partial charge is 0.462 e. The van der Waals surface area contributed by atoms with Gasteiger partial charge in [-0.1, -0.05) is 41.9 Å². The van der Waals surface area contributed by atoms with E-state index in [0.717, 1.165) is 4.90 Å². The van der Waals surface area contributed by atoms with Crippen molar-refractivity contribution < 1.29 is 28.7 Å². The lowest BCUT2D eigenvalue weighted by Crippen LogP contribution is -2.33. The normalized spacial score (nSPS) is 13.4. The van der Waals surface area contributed by atoms with Crippen LogP contribution in [-0.2, 0) is 19.1 Å². The molecule has 0 bridgehead atoms. The number of ether oxygens (including phenoxy) is 2. The smallest absolute Gasteiger partial charge is 0.341 e. The van der Waals surface area contributed by atoms with E-state index < -0.39 is 30.2 Å². The van der Waals surface area contributed by atoms with Crippen molar-refractivity contribution in [3.8, 4) is 0 Å². The topological polar surface area (TPSA) is 90.0 Å². The number of hydrogen-bond acceptors (Lipinski definition) is 6. The van der Waals surface area contributed by atoms with Crippen LogP contribution in [-0.4, -0.2) is 54.8 Å². The second-order valence-electron chi connectivity index (χ2n) is 6.58. The summed E-state index contributed by atoms with van der Waals surface area (Å²) in [7, 11) is 0. The van der Waals surface area contributed by atoms with Crippen molar-refractivity contribution in [1.82, 2.24) is 4.90 Å². The Morgan fingerprint density at radius 1 is 1.00 bits per heavy atom. The number of carbonyl (C=O) groups is 4. The molecule has 7 nitrogen and oxygen atoms in total. The van der Waals surface area contributed by atoms with E-state index in [9.17, 15) is 19.2 Å². The first-order chi connectivity index (χ1) is 14.9. The number of rotatable bonds is 9. The molecule has 1 heterocycles. The van der Waals surface area contributed by atoms with E-state index >= 15 is 0 Å². The fraction of sp³-hybridized carbons (Fsp3) is 0.217. The fourth-order valence-electron chi connectivity index (χ4n) is 3.05. The zero-order valence-corrected chi connectivity index (χ0v) is 17.6. The van der Waals surface area contributed by atoms with E-state index in [1.807, 2.05) is 0 Å². The van der Waals surface area contributed by atoms with Crippen molar-refractivity contribution >= 4 is 41.2 Å². The van der Waals surface area contributed by atoms with Gasteiger partial charge in [0.1, 0.15) is 12.2 Å². The van der Waals surface area contributed by atoms with E-state index in [2.05, 4.69) is 0 Å². The lowest BCUT2D eigenvalue weighted by molar-refractivity contribution is -0.140. The third kappa shape index (κ3) is 5.07. The number of Topliss-reactive ketones (excluding diaryl/α,β-unsaturated/α-hetero) is 1. The van der Waals surface area contributed by atoms with Crippen LogP contribution in [0, 0.1) is 0 Å². The average molecular weight is 442 g/mol. The zero-order valence-electron chi connectivity index (χ0n) is 16.8. The Balaban J connectivity index is 1.62. The van der Waals surface area contributed by atoms with Gasteiger partial charge in [0.2, 0.25) is 0 Å². The lowest BCUT2D eigenvalue weighted by Gasteiger charge is -2.14. The maximum atomic E-state index is 12.6. The van der Waals surface area contributed by atoms with Crippen molar-refractivity contribution in [2.24, 2.45) is 0 Å². The number of hydrogen-bond donors (Lipinski definition) is 0. The first-order valence-electron chi connectivity index (χ1n) is 9.63. The van der Waals surface area contributed by atoms with Crippen molar-refractivity contribution in [2.45, 2.75) is 6.92 Å². The highest BCUT2D eigenvalue weighted by Crippen LogP contribution is 2.22. The Bertz CT molecular complexity index is 1030. The maximum Gasteiger partial charge on any atom is 0.341 e. The molecule has 0 aliphatic carbocycles. The molecule has 0 aromatic heterocycles. The molecule has 0 saturated heterocycles. The zero-order chi connectivity index (χ0) is 22.4. The van der Waals surface area contributed by atoms with Crippen molar-refractivity contribution in [3.63, 3.8) is 0 Å². The summed E-state index contributed by atoms with van der Waals surface area (Å²) in [5, 5.41) is 0.378. The molecule has 31 heavy (non-hydrogen) atoms. The molecular formula is C23H20ClNO6. The van der Waals surface area contributed by atoms with Gasteiger partial charge >= 0.3 is 5.97 Å². The third-order valence-electron chi connectivity index (χ3n) is 4.57. The number of carbonyl (C=O) groups excluding carboxylic acids is 4. The molecule has 2 amide bonds. The van der Waals surface area contributed by atoms with Crippen LogP contribution in [0.15, 0.2) is 54.1 Å². The molecule has 2 aromatic rings. The number of imide groups is 1. The van der Waals surface area contributed by atoms with Gasteiger partial charge in [-0.15, -0.1) is 0 Å². The summed E-state index contributed by atoms with van der Waals surface area (Å²) in [6, 6.07) is 13.3. The standard InChI is InChI=1S/C23H20ClNO6/c1-2-31-23(29)18(13-15-7-3-6-10-19(15)24)20(26)14-30-12-11-25-21(27)16-8-4-5-9-17(16)22(25)28/h3-10,13H,2,11-12,14H2,1H3/b18-13-. The molecule has 0 spiro atoms. The molecule has 160 valence electrons. The predicted molar refractivity (Wildman–Crippen MR) is 114 cm³/mol. The number of amides is 2. The predicted octanol–water partition coefficient (Wildman–Crippen LogP) is 3.17. The van der Waals surface area contributed by atoms with Crippen LogP contribution in [0.3, 0.4) is 0 Å². The number of benzene rings is 2. The first kappa shape index (κ1) is 22.4. The summed E-state index contributed by atoms with van der Waals surface area (Å²) in [4.78, 5) is 50.6. The van der Waals surface area contributed by atoms with Crippen LogP contribution in [0.25, 0.3) is 6.08 Å².